The molecular weight excluding hydrogens is 347 g/mol. The Labute approximate surface area is 154 Å². The molecule has 2 heterocycles. The number of nitrogens with one attached hydrogen (secondary N) is 2. The minimum Gasteiger partial charge on any atom is -0.356 e. The monoisotopic (exact) mass is 366 g/mol. The predicted octanol–water partition coefficient (Wildman–Crippen LogP) is 5.11. The zero-order chi connectivity index (χ0) is 18.3. The first-order valence-corrected chi connectivity index (χ1v) is 9.44. The van der Waals surface area contributed by atoms with E-state index in [0.29, 0.717) is 24.0 Å². The molecular formula is C21H19FN2OS. The SMILES string of the molecule is Cc1[nH]c2c(F)ccc(C)c2c1CCNC(=O)c1ccc2sccc2c1. The van der Waals surface area contributed by atoms with Crippen LogP contribution in [0.25, 0.3) is 21.0 Å². The van der Waals surface area contributed by atoms with E-state index >= 15 is 0 Å². The fourth-order valence-electron chi connectivity index (χ4n) is 3.47. The molecule has 0 aliphatic rings. The highest BCUT2D eigenvalue weighted by molar-refractivity contribution is 7.17. The molecule has 0 aliphatic heterocycles. The van der Waals surface area contributed by atoms with Gasteiger partial charge in [0.1, 0.15) is 5.82 Å². The third-order valence-electron chi connectivity index (χ3n) is 4.80. The molecule has 0 saturated heterocycles. The van der Waals surface area contributed by atoms with Crippen molar-refractivity contribution in [3.05, 3.63) is 70.0 Å². The van der Waals surface area contributed by atoms with Crippen molar-refractivity contribution in [2.24, 2.45) is 0 Å². The Morgan fingerprint density at radius 1 is 1.19 bits per heavy atom. The number of H-pyrrole nitrogens is 1. The van der Waals surface area contributed by atoms with Crippen LogP contribution in [-0.4, -0.2) is 17.4 Å². The van der Waals surface area contributed by atoms with E-state index in [-0.39, 0.29) is 11.7 Å². The van der Waals surface area contributed by atoms with E-state index in [1.807, 2.05) is 43.5 Å². The number of aryl methyl sites for hydroxylation is 2. The number of amides is 1. The second-order valence-corrected chi connectivity index (χ2v) is 7.47. The third-order valence-corrected chi connectivity index (χ3v) is 5.70. The van der Waals surface area contributed by atoms with Crippen LogP contribution >= 0.6 is 11.3 Å². The first-order chi connectivity index (χ1) is 12.5. The molecule has 0 bridgehead atoms. The first kappa shape index (κ1) is 16.8. The molecule has 0 fully saturated rings. The maximum atomic E-state index is 14.0. The maximum Gasteiger partial charge on any atom is 0.251 e. The highest BCUT2D eigenvalue weighted by Gasteiger charge is 2.14. The highest BCUT2D eigenvalue weighted by Crippen LogP contribution is 2.28. The van der Waals surface area contributed by atoms with Crippen molar-refractivity contribution in [1.82, 2.24) is 10.3 Å². The Bertz CT molecular complexity index is 1130. The molecule has 4 rings (SSSR count). The standard InChI is InChI=1S/C21H19FN2OS/c1-12-3-5-17(22)20-19(12)16(13(2)24-20)7-9-23-21(25)15-4-6-18-14(11-15)8-10-26-18/h3-6,8,10-11,24H,7,9H2,1-2H3,(H,23,25). The molecule has 2 aromatic heterocycles. The minimum atomic E-state index is -0.243. The minimum absolute atomic E-state index is 0.0847. The molecule has 5 heteroatoms. The average molecular weight is 366 g/mol. The summed E-state index contributed by atoms with van der Waals surface area (Å²) in [7, 11) is 0. The number of rotatable bonds is 4. The molecule has 2 N–H and O–H groups in total. The summed E-state index contributed by atoms with van der Waals surface area (Å²) in [5.74, 6) is -0.327. The van der Waals surface area contributed by atoms with Gasteiger partial charge in [0.15, 0.2) is 0 Å². The van der Waals surface area contributed by atoms with Gasteiger partial charge in [-0.15, -0.1) is 11.3 Å². The van der Waals surface area contributed by atoms with Gasteiger partial charge in [0.25, 0.3) is 5.91 Å². The van der Waals surface area contributed by atoms with Gasteiger partial charge >= 0.3 is 0 Å². The number of halogens is 1. The number of carbonyl (C=O) groups excluding carboxylic acids is 1. The fourth-order valence-corrected chi connectivity index (χ4v) is 4.24. The van der Waals surface area contributed by atoms with Crippen molar-refractivity contribution in [2.45, 2.75) is 20.3 Å². The Kier molecular flexibility index (Phi) is 4.24. The summed E-state index contributed by atoms with van der Waals surface area (Å²) in [5, 5.41) is 7.01. The largest absolute Gasteiger partial charge is 0.356 e. The van der Waals surface area contributed by atoms with Gasteiger partial charge in [0.2, 0.25) is 0 Å². The van der Waals surface area contributed by atoms with Crippen LogP contribution in [0, 0.1) is 19.7 Å². The summed E-state index contributed by atoms with van der Waals surface area (Å²) >= 11 is 1.66. The van der Waals surface area contributed by atoms with E-state index in [4.69, 9.17) is 0 Å². The Morgan fingerprint density at radius 2 is 2.04 bits per heavy atom. The van der Waals surface area contributed by atoms with Gasteiger partial charge in [-0.2, -0.15) is 0 Å². The van der Waals surface area contributed by atoms with Crippen molar-refractivity contribution in [2.75, 3.05) is 6.54 Å². The molecule has 0 unspecified atom stereocenters. The zero-order valence-corrected chi connectivity index (χ0v) is 15.5. The van der Waals surface area contributed by atoms with Crippen molar-refractivity contribution in [1.29, 1.82) is 0 Å². The van der Waals surface area contributed by atoms with Crippen molar-refractivity contribution in [3.63, 3.8) is 0 Å². The number of carbonyl (C=O) groups is 1. The van der Waals surface area contributed by atoms with Crippen LogP contribution in [0.1, 0.15) is 27.2 Å². The number of hydrogen-bond acceptors (Lipinski definition) is 2. The summed E-state index contributed by atoms with van der Waals surface area (Å²) in [6.45, 7) is 4.43. The maximum absolute atomic E-state index is 14.0. The number of aromatic nitrogens is 1. The van der Waals surface area contributed by atoms with E-state index in [1.165, 1.54) is 10.8 Å². The topological polar surface area (TPSA) is 44.9 Å². The predicted molar refractivity (Wildman–Crippen MR) is 106 cm³/mol. The van der Waals surface area contributed by atoms with Crippen molar-refractivity contribution >= 4 is 38.2 Å². The van der Waals surface area contributed by atoms with Gasteiger partial charge in [-0.1, -0.05) is 6.07 Å². The number of thiophene rings is 1. The van der Waals surface area contributed by atoms with E-state index in [9.17, 15) is 9.18 Å². The lowest BCUT2D eigenvalue weighted by Crippen LogP contribution is -2.25. The van der Waals surface area contributed by atoms with Crippen LogP contribution in [0.4, 0.5) is 4.39 Å². The van der Waals surface area contributed by atoms with Crippen LogP contribution in [-0.2, 0) is 6.42 Å². The summed E-state index contributed by atoms with van der Waals surface area (Å²) in [6, 6.07) is 11.0. The smallest absolute Gasteiger partial charge is 0.251 e. The van der Waals surface area contributed by atoms with Gasteiger partial charge in [-0.25, -0.2) is 4.39 Å². The Hall–Kier alpha value is -2.66. The van der Waals surface area contributed by atoms with Crippen LogP contribution < -0.4 is 5.32 Å². The number of hydrogen-bond donors (Lipinski definition) is 2. The van der Waals surface area contributed by atoms with E-state index in [1.54, 1.807) is 17.4 Å². The molecule has 3 nitrogen and oxygen atoms in total. The van der Waals surface area contributed by atoms with Gasteiger partial charge in [-0.3, -0.25) is 4.79 Å². The molecule has 0 radical (unpaired) electrons. The van der Waals surface area contributed by atoms with Crippen LogP contribution in [0.5, 0.6) is 0 Å². The van der Waals surface area contributed by atoms with Crippen LogP contribution in [0.3, 0.4) is 0 Å². The third kappa shape index (κ3) is 2.88. The van der Waals surface area contributed by atoms with Crippen molar-refractivity contribution < 1.29 is 9.18 Å². The average Bonchev–Trinajstić information content (AvgIpc) is 3.22. The van der Waals surface area contributed by atoms with Gasteiger partial charge in [-0.05, 0) is 72.5 Å². The van der Waals surface area contributed by atoms with E-state index < -0.39 is 0 Å². The Balaban J connectivity index is 1.51. The van der Waals surface area contributed by atoms with Gasteiger partial charge < -0.3 is 10.3 Å². The van der Waals surface area contributed by atoms with Gasteiger partial charge in [0.05, 0.1) is 5.52 Å². The second kappa shape index (κ2) is 6.57. The highest BCUT2D eigenvalue weighted by atomic mass is 32.1. The molecule has 0 spiro atoms. The summed E-state index contributed by atoms with van der Waals surface area (Å²) in [6.07, 6.45) is 0.655. The quantitative estimate of drug-likeness (QED) is 0.518. The fraction of sp³-hybridized carbons (Fsp3) is 0.190. The number of benzene rings is 2. The lowest BCUT2D eigenvalue weighted by molar-refractivity contribution is 0.0954. The van der Waals surface area contributed by atoms with Crippen LogP contribution in [0.15, 0.2) is 41.8 Å². The molecule has 26 heavy (non-hydrogen) atoms. The first-order valence-electron chi connectivity index (χ1n) is 8.56. The summed E-state index contributed by atoms with van der Waals surface area (Å²) in [4.78, 5) is 15.6. The number of aromatic amines is 1. The molecule has 2 aromatic carbocycles. The molecule has 0 saturated carbocycles. The van der Waals surface area contributed by atoms with Gasteiger partial charge in [0, 0.05) is 27.9 Å². The summed E-state index contributed by atoms with van der Waals surface area (Å²) in [5.41, 5.74) is 4.25. The summed E-state index contributed by atoms with van der Waals surface area (Å²) < 4.78 is 15.2. The lowest BCUT2D eigenvalue weighted by atomic mass is 10.0. The lowest BCUT2D eigenvalue weighted by Gasteiger charge is -2.07. The normalized spacial score (nSPS) is 11.3. The zero-order valence-electron chi connectivity index (χ0n) is 14.7. The van der Waals surface area contributed by atoms with E-state index in [0.717, 1.165) is 27.6 Å². The number of fused-ring (bicyclic) bond motifs is 2. The van der Waals surface area contributed by atoms with E-state index in [2.05, 4.69) is 10.3 Å². The second-order valence-electron chi connectivity index (χ2n) is 6.52. The molecule has 0 atom stereocenters. The molecule has 132 valence electrons. The van der Waals surface area contributed by atoms with Crippen molar-refractivity contribution in [3.8, 4) is 0 Å². The molecule has 1 amide bonds. The molecule has 0 aliphatic carbocycles. The van der Waals surface area contributed by atoms with Crippen LogP contribution in [0.2, 0.25) is 0 Å². The molecule has 4 aromatic rings. The Morgan fingerprint density at radius 3 is 2.88 bits per heavy atom.